The van der Waals surface area contributed by atoms with Crippen LogP contribution in [0.15, 0.2) is 28.7 Å². The van der Waals surface area contributed by atoms with Gasteiger partial charge in [0.25, 0.3) is 0 Å². The average molecular weight is 270 g/mol. The molecule has 0 saturated carbocycles. The molecule has 0 spiro atoms. The second-order valence-electron chi connectivity index (χ2n) is 4.16. The first-order valence-corrected chi connectivity index (χ1v) is 6.15. The maximum atomic E-state index is 9.07. The summed E-state index contributed by atoms with van der Waals surface area (Å²) in [5, 5.41) is 9.07. The number of nitrogens with zero attached hydrogens (tertiary/aromatic N) is 1. The predicted molar refractivity (Wildman–Crippen MR) is 64.6 cm³/mol. The van der Waals surface area contributed by atoms with Crippen molar-refractivity contribution in [3.63, 3.8) is 0 Å². The summed E-state index contributed by atoms with van der Waals surface area (Å²) in [6.07, 6.45) is 1.13. The number of hydrogen-bond donors (Lipinski definition) is 1. The van der Waals surface area contributed by atoms with Crippen molar-refractivity contribution >= 4 is 15.9 Å². The quantitative estimate of drug-likeness (QED) is 0.910. The Morgan fingerprint density at radius 3 is 2.87 bits per heavy atom. The molecule has 1 N–H and O–H groups in total. The second kappa shape index (κ2) is 5.10. The predicted octanol–water partition coefficient (Wildman–Crippen LogP) is 2.26. The summed E-state index contributed by atoms with van der Waals surface area (Å²) < 4.78 is 1.18. The van der Waals surface area contributed by atoms with Gasteiger partial charge >= 0.3 is 0 Å². The Bertz CT molecular complexity index is 329. The molecule has 0 bridgehead atoms. The normalized spacial score (nSPS) is 22.1. The zero-order valence-corrected chi connectivity index (χ0v) is 10.3. The molecule has 15 heavy (non-hydrogen) atoms. The molecule has 82 valence electrons. The van der Waals surface area contributed by atoms with Gasteiger partial charge in [0.1, 0.15) is 0 Å². The van der Waals surface area contributed by atoms with Crippen molar-refractivity contribution in [2.75, 3.05) is 19.7 Å². The van der Waals surface area contributed by atoms with Crippen molar-refractivity contribution in [2.45, 2.75) is 13.0 Å². The van der Waals surface area contributed by atoms with Crippen molar-refractivity contribution in [2.24, 2.45) is 5.92 Å². The lowest BCUT2D eigenvalue weighted by molar-refractivity contribution is 0.220. The first-order chi connectivity index (χ1) is 7.29. The van der Waals surface area contributed by atoms with E-state index in [1.807, 2.05) is 6.07 Å². The molecule has 1 aliphatic rings. The van der Waals surface area contributed by atoms with Gasteiger partial charge in [-0.05, 0) is 30.5 Å². The van der Waals surface area contributed by atoms with E-state index >= 15 is 0 Å². The van der Waals surface area contributed by atoms with Crippen LogP contribution >= 0.6 is 15.9 Å². The standard InChI is InChI=1S/C12H16BrNO/c13-12-4-2-1-3-11(12)8-14-6-5-10(7-14)9-15/h1-4,10,15H,5-9H2. The van der Waals surface area contributed by atoms with Gasteiger partial charge in [0.15, 0.2) is 0 Å². The van der Waals surface area contributed by atoms with E-state index in [2.05, 4.69) is 39.0 Å². The van der Waals surface area contributed by atoms with Gasteiger partial charge in [-0.15, -0.1) is 0 Å². The summed E-state index contributed by atoms with van der Waals surface area (Å²) in [5.74, 6) is 0.479. The molecule has 0 amide bonds. The fourth-order valence-electron chi connectivity index (χ4n) is 2.07. The van der Waals surface area contributed by atoms with Gasteiger partial charge in [0.2, 0.25) is 0 Å². The van der Waals surface area contributed by atoms with Crippen LogP contribution in [0.3, 0.4) is 0 Å². The molecular formula is C12H16BrNO. The highest BCUT2D eigenvalue weighted by Crippen LogP contribution is 2.22. The van der Waals surface area contributed by atoms with Gasteiger partial charge < -0.3 is 5.11 Å². The summed E-state index contributed by atoms with van der Waals surface area (Å²) in [6, 6.07) is 8.33. The Labute approximate surface area is 99.0 Å². The van der Waals surface area contributed by atoms with E-state index in [9.17, 15) is 0 Å². The fourth-order valence-corrected chi connectivity index (χ4v) is 2.48. The summed E-state index contributed by atoms with van der Waals surface area (Å²) in [4.78, 5) is 2.40. The SMILES string of the molecule is OCC1CCN(Cc2ccccc2Br)C1. The van der Waals surface area contributed by atoms with E-state index in [-0.39, 0.29) is 0 Å². The fraction of sp³-hybridized carbons (Fsp3) is 0.500. The van der Waals surface area contributed by atoms with Crippen LogP contribution in [-0.2, 0) is 6.54 Å². The third-order valence-corrected chi connectivity index (χ3v) is 3.75. The van der Waals surface area contributed by atoms with Gasteiger partial charge in [-0.1, -0.05) is 34.1 Å². The van der Waals surface area contributed by atoms with Crippen molar-refractivity contribution < 1.29 is 5.11 Å². The largest absolute Gasteiger partial charge is 0.396 e. The lowest BCUT2D eigenvalue weighted by atomic mass is 10.1. The molecule has 1 saturated heterocycles. The van der Waals surface area contributed by atoms with E-state index in [4.69, 9.17) is 5.11 Å². The monoisotopic (exact) mass is 269 g/mol. The molecule has 1 aliphatic heterocycles. The number of benzene rings is 1. The molecule has 0 radical (unpaired) electrons. The Balaban J connectivity index is 1.96. The second-order valence-corrected chi connectivity index (χ2v) is 5.02. The Hall–Kier alpha value is -0.380. The number of likely N-dealkylation sites (tertiary alicyclic amines) is 1. The van der Waals surface area contributed by atoms with Crippen LogP contribution in [0.4, 0.5) is 0 Å². The van der Waals surface area contributed by atoms with Gasteiger partial charge in [0, 0.05) is 24.2 Å². The minimum absolute atomic E-state index is 0.326. The number of aliphatic hydroxyl groups is 1. The Kier molecular flexibility index (Phi) is 3.78. The maximum Gasteiger partial charge on any atom is 0.0471 e. The summed E-state index contributed by atoms with van der Waals surface area (Å²) in [6.45, 7) is 3.44. The Morgan fingerprint density at radius 2 is 2.20 bits per heavy atom. The number of halogens is 1. The third-order valence-electron chi connectivity index (χ3n) is 2.98. The van der Waals surface area contributed by atoms with Crippen LogP contribution in [0.25, 0.3) is 0 Å². The highest BCUT2D eigenvalue weighted by molar-refractivity contribution is 9.10. The van der Waals surface area contributed by atoms with E-state index in [0.29, 0.717) is 12.5 Å². The molecule has 1 aromatic rings. The van der Waals surface area contributed by atoms with Crippen LogP contribution < -0.4 is 0 Å². The molecule has 1 unspecified atom stereocenters. The van der Waals surface area contributed by atoms with Gasteiger partial charge in [-0.3, -0.25) is 4.90 Å². The first kappa shape index (κ1) is 11.1. The minimum Gasteiger partial charge on any atom is -0.396 e. The van der Waals surface area contributed by atoms with Gasteiger partial charge in [0.05, 0.1) is 0 Å². The van der Waals surface area contributed by atoms with Crippen molar-refractivity contribution in [1.82, 2.24) is 4.90 Å². The van der Waals surface area contributed by atoms with E-state index in [1.54, 1.807) is 0 Å². The number of aliphatic hydroxyl groups excluding tert-OH is 1. The molecule has 2 nitrogen and oxygen atoms in total. The minimum atomic E-state index is 0.326. The zero-order valence-electron chi connectivity index (χ0n) is 8.69. The van der Waals surface area contributed by atoms with Crippen LogP contribution in [0.1, 0.15) is 12.0 Å². The van der Waals surface area contributed by atoms with Crippen LogP contribution in [0, 0.1) is 5.92 Å². The summed E-state index contributed by atoms with van der Waals surface area (Å²) in [7, 11) is 0. The van der Waals surface area contributed by atoms with E-state index < -0.39 is 0 Å². The molecule has 1 heterocycles. The molecule has 1 fully saturated rings. The van der Waals surface area contributed by atoms with Crippen molar-refractivity contribution in [3.8, 4) is 0 Å². The molecule has 3 heteroatoms. The Morgan fingerprint density at radius 1 is 1.40 bits per heavy atom. The highest BCUT2D eigenvalue weighted by Gasteiger charge is 2.21. The zero-order chi connectivity index (χ0) is 10.7. The molecule has 1 aromatic carbocycles. The average Bonchev–Trinajstić information content (AvgIpc) is 2.69. The topological polar surface area (TPSA) is 23.5 Å². The van der Waals surface area contributed by atoms with E-state index in [0.717, 1.165) is 26.1 Å². The van der Waals surface area contributed by atoms with Crippen LogP contribution in [-0.4, -0.2) is 29.7 Å². The highest BCUT2D eigenvalue weighted by atomic mass is 79.9. The first-order valence-electron chi connectivity index (χ1n) is 5.36. The maximum absolute atomic E-state index is 9.07. The van der Waals surface area contributed by atoms with Gasteiger partial charge in [-0.25, -0.2) is 0 Å². The van der Waals surface area contributed by atoms with Crippen LogP contribution in [0.5, 0.6) is 0 Å². The summed E-state index contributed by atoms with van der Waals surface area (Å²) >= 11 is 3.56. The molecular weight excluding hydrogens is 254 g/mol. The lowest BCUT2D eigenvalue weighted by Crippen LogP contribution is -2.21. The number of rotatable bonds is 3. The number of hydrogen-bond acceptors (Lipinski definition) is 2. The third kappa shape index (κ3) is 2.80. The van der Waals surface area contributed by atoms with Crippen molar-refractivity contribution in [3.05, 3.63) is 34.3 Å². The molecule has 1 atom stereocenters. The lowest BCUT2D eigenvalue weighted by Gasteiger charge is -2.16. The van der Waals surface area contributed by atoms with Crippen LogP contribution in [0.2, 0.25) is 0 Å². The smallest absolute Gasteiger partial charge is 0.0471 e. The summed E-state index contributed by atoms with van der Waals surface area (Å²) in [5.41, 5.74) is 1.33. The van der Waals surface area contributed by atoms with Gasteiger partial charge in [-0.2, -0.15) is 0 Å². The van der Waals surface area contributed by atoms with E-state index in [1.165, 1.54) is 10.0 Å². The van der Waals surface area contributed by atoms with Crippen molar-refractivity contribution in [1.29, 1.82) is 0 Å². The molecule has 0 aliphatic carbocycles. The molecule has 2 rings (SSSR count). The molecule has 0 aromatic heterocycles.